The minimum atomic E-state index is -0.284. The first-order valence-corrected chi connectivity index (χ1v) is 7.53. The fourth-order valence-corrected chi connectivity index (χ4v) is 3.76. The Hall–Kier alpha value is 0.0600. The molecule has 2 heterocycles. The zero-order valence-electron chi connectivity index (χ0n) is 10.3. The number of likely N-dealkylation sites (N-methyl/N-ethyl adjacent to an activating group) is 2. The fraction of sp³-hybridized carbons (Fsp3) is 0.667. The average molecular weight is 319 g/mol. The molecular formula is C12H19BrN2OS. The van der Waals surface area contributed by atoms with Crippen molar-refractivity contribution in [1.82, 2.24) is 9.80 Å². The maximum absolute atomic E-state index is 10.3. The van der Waals surface area contributed by atoms with Crippen molar-refractivity contribution < 1.29 is 5.11 Å². The Bertz CT molecular complexity index is 371. The third kappa shape index (κ3) is 3.51. The lowest BCUT2D eigenvalue weighted by atomic mass is 10.0. The van der Waals surface area contributed by atoms with Crippen LogP contribution in [0.3, 0.4) is 0 Å². The topological polar surface area (TPSA) is 26.7 Å². The number of halogens is 1. The van der Waals surface area contributed by atoms with Gasteiger partial charge in [0.1, 0.15) is 0 Å². The summed E-state index contributed by atoms with van der Waals surface area (Å²) in [5.41, 5.74) is 0. The maximum atomic E-state index is 10.3. The maximum Gasteiger partial charge on any atom is 0.0755 e. The van der Waals surface area contributed by atoms with Crippen LogP contribution in [-0.4, -0.2) is 60.8 Å². The SMILES string of the molecule is CN1CCN(C)C(C(O)Cc2cc(Br)cs2)C1. The van der Waals surface area contributed by atoms with E-state index in [0.29, 0.717) is 0 Å². The summed E-state index contributed by atoms with van der Waals surface area (Å²) >= 11 is 5.15. The summed E-state index contributed by atoms with van der Waals surface area (Å²) in [5.74, 6) is 0. The summed E-state index contributed by atoms with van der Waals surface area (Å²) in [6.45, 7) is 3.07. The first-order valence-electron chi connectivity index (χ1n) is 5.86. The summed E-state index contributed by atoms with van der Waals surface area (Å²) < 4.78 is 1.11. The number of aliphatic hydroxyl groups is 1. The second-order valence-corrected chi connectivity index (χ2v) is 6.72. The van der Waals surface area contributed by atoms with E-state index in [1.165, 1.54) is 4.88 Å². The second-order valence-electron chi connectivity index (χ2n) is 4.81. The van der Waals surface area contributed by atoms with E-state index in [1.807, 2.05) is 0 Å². The van der Waals surface area contributed by atoms with Crippen LogP contribution in [0.4, 0.5) is 0 Å². The van der Waals surface area contributed by atoms with Crippen molar-refractivity contribution in [1.29, 1.82) is 0 Å². The van der Waals surface area contributed by atoms with Gasteiger partial charge in [-0.15, -0.1) is 11.3 Å². The largest absolute Gasteiger partial charge is 0.391 e. The first kappa shape index (κ1) is 13.5. The Morgan fingerprint density at radius 3 is 2.94 bits per heavy atom. The van der Waals surface area contributed by atoms with E-state index in [-0.39, 0.29) is 12.1 Å². The van der Waals surface area contributed by atoms with Crippen LogP contribution in [0.5, 0.6) is 0 Å². The van der Waals surface area contributed by atoms with Gasteiger partial charge in [0.15, 0.2) is 0 Å². The molecule has 17 heavy (non-hydrogen) atoms. The smallest absolute Gasteiger partial charge is 0.0755 e. The number of hydrogen-bond donors (Lipinski definition) is 1. The highest BCUT2D eigenvalue weighted by Crippen LogP contribution is 2.22. The number of nitrogens with zero attached hydrogens (tertiary/aromatic N) is 2. The van der Waals surface area contributed by atoms with Gasteiger partial charge in [0.05, 0.1) is 6.10 Å². The summed E-state index contributed by atoms with van der Waals surface area (Å²) in [6, 6.07) is 2.34. The zero-order chi connectivity index (χ0) is 12.4. The number of piperazine rings is 1. The van der Waals surface area contributed by atoms with Gasteiger partial charge >= 0.3 is 0 Å². The number of thiophene rings is 1. The molecule has 0 amide bonds. The molecule has 5 heteroatoms. The van der Waals surface area contributed by atoms with Crippen LogP contribution >= 0.6 is 27.3 Å². The predicted octanol–water partition coefficient (Wildman–Crippen LogP) is 1.66. The van der Waals surface area contributed by atoms with E-state index >= 15 is 0 Å². The van der Waals surface area contributed by atoms with Crippen molar-refractivity contribution in [2.45, 2.75) is 18.6 Å². The molecule has 1 saturated heterocycles. The number of rotatable bonds is 3. The van der Waals surface area contributed by atoms with Gasteiger partial charge in [0, 0.05) is 46.8 Å². The van der Waals surface area contributed by atoms with Crippen LogP contribution in [0.25, 0.3) is 0 Å². The molecule has 3 nitrogen and oxygen atoms in total. The standard InChI is InChI=1S/C12H19BrN2OS/c1-14-3-4-15(2)11(7-14)12(16)6-10-5-9(13)8-17-10/h5,8,11-12,16H,3-4,6-7H2,1-2H3. The third-order valence-electron chi connectivity index (χ3n) is 3.38. The number of hydrogen-bond acceptors (Lipinski definition) is 4. The minimum Gasteiger partial charge on any atom is -0.391 e. The van der Waals surface area contributed by atoms with E-state index in [2.05, 4.69) is 51.3 Å². The van der Waals surface area contributed by atoms with E-state index in [4.69, 9.17) is 0 Å². The second kappa shape index (κ2) is 5.80. The summed E-state index contributed by atoms with van der Waals surface area (Å²) in [5, 5.41) is 12.4. The summed E-state index contributed by atoms with van der Waals surface area (Å²) in [6.07, 6.45) is 0.465. The molecule has 1 fully saturated rings. The number of aliphatic hydroxyl groups excluding tert-OH is 1. The zero-order valence-corrected chi connectivity index (χ0v) is 12.7. The monoisotopic (exact) mass is 318 g/mol. The Morgan fingerprint density at radius 2 is 2.29 bits per heavy atom. The van der Waals surface area contributed by atoms with Gasteiger partial charge in [-0.1, -0.05) is 0 Å². The quantitative estimate of drug-likeness (QED) is 0.918. The molecule has 1 aromatic rings. The highest BCUT2D eigenvalue weighted by atomic mass is 79.9. The molecule has 0 saturated carbocycles. The van der Waals surface area contributed by atoms with Crippen molar-refractivity contribution in [3.05, 3.63) is 20.8 Å². The molecule has 96 valence electrons. The normalized spacial score (nSPS) is 25.1. The van der Waals surface area contributed by atoms with Gasteiger partial charge in [0.2, 0.25) is 0 Å². The Morgan fingerprint density at radius 1 is 1.53 bits per heavy atom. The summed E-state index contributed by atoms with van der Waals surface area (Å²) in [7, 11) is 4.22. The molecule has 0 radical (unpaired) electrons. The van der Waals surface area contributed by atoms with Crippen LogP contribution in [-0.2, 0) is 6.42 Å². The molecule has 2 rings (SSSR count). The molecule has 1 N–H and O–H groups in total. The summed E-state index contributed by atoms with van der Waals surface area (Å²) in [4.78, 5) is 5.80. The van der Waals surface area contributed by atoms with Gasteiger partial charge in [-0.05, 0) is 36.1 Å². The van der Waals surface area contributed by atoms with E-state index in [0.717, 1.165) is 30.5 Å². The Kier molecular flexibility index (Phi) is 4.60. The van der Waals surface area contributed by atoms with Crippen molar-refractivity contribution in [3.63, 3.8) is 0 Å². The molecule has 2 unspecified atom stereocenters. The molecule has 0 spiro atoms. The molecular weight excluding hydrogens is 300 g/mol. The van der Waals surface area contributed by atoms with Gasteiger partial charge in [-0.25, -0.2) is 0 Å². The molecule has 1 aromatic heterocycles. The van der Waals surface area contributed by atoms with Gasteiger partial charge in [-0.3, -0.25) is 4.90 Å². The lowest BCUT2D eigenvalue weighted by Gasteiger charge is -2.40. The van der Waals surface area contributed by atoms with Crippen LogP contribution in [0.2, 0.25) is 0 Å². The van der Waals surface area contributed by atoms with Gasteiger partial charge in [-0.2, -0.15) is 0 Å². The van der Waals surface area contributed by atoms with Crippen molar-refractivity contribution in [2.75, 3.05) is 33.7 Å². The van der Waals surface area contributed by atoms with E-state index in [1.54, 1.807) is 11.3 Å². The van der Waals surface area contributed by atoms with Crippen LogP contribution in [0.1, 0.15) is 4.88 Å². The minimum absolute atomic E-state index is 0.245. The molecule has 2 atom stereocenters. The predicted molar refractivity (Wildman–Crippen MR) is 75.6 cm³/mol. The molecule has 0 aromatic carbocycles. The lowest BCUT2D eigenvalue weighted by Crippen LogP contribution is -2.55. The molecule has 0 aliphatic carbocycles. The van der Waals surface area contributed by atoms with Gasteiger partial charge in [0.25, 0.3) is 0 Å². The first-order chi connectivity index (χ1) is 8.06. The van der Waals surface area contributed by atoms with Crippen molar-refractivity contribution in [3.8, 4) is 0 Å². The van der Waals surface area contributed by atoms with Crippen LogP contribution < -0.4 is 0 Å². The molecule has 0 bridgehead atoms. The van der Waals surface area contributed by atoms with E-state index < -0.39 is 0 Å². The third-order valence-corrected chi connectivity index (χ3v) is 5.10. The molecule has 1 aliphatic heterocycles. The van der Waals surface area contributed by atoms with Crippen LogP contribution in [0, 0.1) is 0 Å². The van der Waals surface area contributed by atoms with Crippen molar-refractivity contribution in [2.24, 2.45) is 0 Å². The Labute approximate surface area is 115 Å². The molecule has 1 aliphatic rings. The van der Waals surface area contributed by atoms with Crippen molar-refractivity contribution >= 4 is 27.3 Å². The highest BCUT2D eigenvalue weighted by molar-refractivity contribution is 9.10. The van der Waals surface area contributed by atoms with Crippen LogP contribution in [0.15, 0.2) is 15.9 Å². The highest BCUT2D eigenvalue weighted by Gasteiger charge is 2.28. The lowest BCUT2D eigenvalue weighted by molar-refractivity contribution is 0.0156. The van der Waals surface area contributed by atoms with Gasteiger partial charge < -0.3 is 10.0 Å². The van der Waals surface area contributed by atoms with E-state index in [9.17, 15) is 5.11 Å². The Balaban J connectivity index is 1.96. The average Bonchev–Trinajstić information content (AvgIpc) is 2.67. The fourth-order valence-electron chi connectivity index (χ4n) is 2.26.